The maximum Gasteiger partial charge on any atom is 0.243 e. The van der Waals surface area contributed by atoms with Crippen molar-refractivity contribution in [3.8, 4) is 0 Å². The second-order valence-corrected chi connectivity index (χ2v) is 3.73. The SMILES string of the molecule is CN1CCC(COCC(N)=O)CC1. The fourth-order valence-electron chi connectivity index (χ4n) is 1.55. The van der Waals surface area contributed by atoms with Gasteiger partial charge in [0.1, 0.15) is 6.61 Å². The lowest BCUT2D eigenvalue weighted by Crippen LogP contribution is -2.32. The van der Waals surface area contributed by atoms with Gasteiger partial charge in [-0.3, -0.25) is 4.79 Å². The molecule has 0 radical (unpaired) electrons. The van der Waals surface area contributed by atoms with Gasteiger partial charge in [0, 0.05) is 0 Å². The summed E-state index contributed by atoms with van der Waals surface area (Å²) in [4.78, 5) is 12.7. The minimum atomic E-state index is -0.382. The molecule has 76 valence electrons. The summed E-state index contributed by atoms with van der Waals surface area (Å²) in [6.45, 7) is 3.00. The Morgan fingerprint density at radius 2 is 2.15 bits per heavy atom. The molecular weight excluding hydrogens is 168 g/mol. The zero-order valence-corrected chi connectivity index (χ0v) is 8.16. The normalized spacial score (nSPS) is 20.4. The van der Waals surface area contributed by atoms with E-state index in [1.165, 1.54) is 0 Å². The van der Waals surface area contributed by atoms with Crippen LogP contribution in [0, 0.1) is 5.92 Å². The monoisotopic (exact) mass is 186 g/mol. The van der Waals surface area contributed by atoms with E-state index in [2.05, 4.69) is 11.9 Å². The van der Waals surface area contributed by atoms with E-state index >= 15 is 0 Å². The van der Waals surface area contributed by atoms with E-state index in [1.54, 1.807) is 0 Å². The Hall–Kier alpha value is -0.610. The molecule has 1 aliphatic heterocycles. The van der Waals surface area contributed by atoms with E-state index in [-0.39, 0.29) is 12.5 Å². The van der Waals surface area contributed by atoms with Gasteiger partial charge in [-0.1, -0.05) is 0 Å². The van der Waals surface area contributed by atoms with E-state index in [0.717, 1.165) is 25.9 Å². The molecule has 1 heterocycles. The summed E-state index contributed by atoms with van der Waals surface area (Å²) in [7, 11) is 2.13. The first kappa shape index (κ1) is 10.5. The van der Waals surface area contributed by atoms with Gasteiger partial charge in [0.05, 0.1) is 6.61 Å². The van der Waals surface area contributed by atoms with Crippen LogP contribution in [0.25, 0.3) is 0 Å². The summed E-state index contributed by atoms with van der Waals surface area (Å²) in [5.74, 6) is 0.225. The third kappa shape index (κ3) is 4.24. The molecule has 0 aliphatic carbocycles. The average Bonchev–Trinajstić information content (AvgIpc) is 2.08. The van der Waals surface area contributed by atoms with Crippen molar-refractivity contribution in [2.45, 2.75) is 12.8 Å². The molecule has 0 aromatic heterocycles. The van der Waals surface area contributed by atoms with Gasteiger partial charge in [-0.2, -0.15) is 0 Å². The van der Waals surface area contributed by atoms with Crippen LogP contribution in [-0.4, -0.2) is 44.2 Å². The minimum absolute atomic E-state index is 0.0618. The van der Waals surface area contributed by atoms with Gasteiger partial charge in [0.15, 0.2) is 0 Å². The van der Waals surface area contributed by atoms with Gasteiger partial charge >= 0.3 is 0 Å². The fourth-order valence-corrected chi connectivity index (χ4v) is 1.55. The van der Waals surface area contributed by atoms with Crippen molar-refractivity contribution in [3.63, 3.8) is 0 Å². The molecule has 0 saturated carbocycles. The fraction of sp³-hybridized carbons (Fsp3) is 0.889. The van der Waals surface area contributed by atoms with Crippen LogP contribution < -0.4 is 5.73 Å². The number of piperidine rings is 1. The van der Waals surface area contributed by atoms with E-state index in [1.807, 2.05) is 0 Å². The molecule has 1 saturated heterocycles. The standard InChI is InChI=1S/C9H18N2O2/c1-11-4-2-8(3-5-11)6-13-7-9(10)12/h8H,2-7H2,1H3,(H2,10,12). The Morgan fingerprint density at radius 1 is 1.54 bits per heavy atom. The summed E-state index contributed by atoms with van der Waals surface area (Å²) < 4.78 is 5.18. The van der Waals surface area contributed by atoms with Gasteiger partial charge in [-0.05, 0) is 38.9 Å². The molecule has 1 aliphatic rings. The molecule has 4 heteroatoms. The number of hydrogen-bond donors (Lipinski definition) is 1. The first-order chi connectivity index (χ1) is 6.18. The van der Waals surface area contributed by atoms with Crippen molar-refractivity contribution in [1.82, 2.24) is 4.90 Å². The Balaban J connectivity index is 2.05. The van der Waals surface area contributed by atoms with E-state index < -0.39 is 0 Å². The topological polar surface area (TPSA) is 55.6 Å². The van der Waals surface area contributed by atoms with Gasteiger partial charge < -0.3 is 15.4 Å². The van der Waals surface area contributed by atoms with Crippen LogP contribution >= 0.6 is 0 Å². The van der Waals surface area contributed by atoms with Crippen molar-refractivity contribution in [2.24, 2.45) is 11.7 Å². The first-order valence-corrected chi connectivity index (χ1v) is 4.73. The third-order valence-electron chi connectivity index (χ3n) is 2.44. The molecular formula is C9H18N2O2. The van der Waals surface area contributed by atoms with Gasteiger partial charge in [-0.25, -0.2) is 0 Å². The van der Waals surface area contributed by atoms with Crippen LogP contribution in [-0.2, 0) is 9.53 Å². The van der Waals surface area contributed by atoms with Crippen LogP contribution in [0.15, 0.2) is 0 Å². The van der Waals surface area contributed by atoms with Gasteiger partial charge in [-0.15, -0.1) is 0 Å². The Kier molecular flexibility index (Phi) is 4.18. The molecule has 0 aromatic carbocycles. The van der Waals surface area contributed by atoms with Crippen LogP contribution in [0.5, 0.6) is 0 Å². The highest BCUT2D eigenvalue weighted by Crippen LogP contribution is 2.15. The number of rotatable bonds is 4. The number of carbonyl (C=O) groups is 1. The van der Waals surface area contributed by atoms with Crippen LogP contribution in [0.4, 0.5) is 0 Å². The highest BCUT2D eigenvalue weighted by molar-refractivity contribution is 5.74. The average molecular weight is 186 g/mol. The third-order valence-corrected chi connectivity index (χ3v) is 2.44. The summed E-state index contributed by atoms with van der Waals surface area (Å²) in [5, 5.41) is 0. The second-order valence-electron chi connectivity index (χ2n) is 3.73. The quantitative estimate of drug-likeness (QED) is 0.663. The lowest BCUT2D eigenvalue weighted by atomic mass is 9.98. The predicted octanol–water partition coefficient (Wildman–Crippen LogP) is -0.170. The molecule has 0 unspecified atom stereocenters. The van der Waals surface area contributed by atoms with Crippen LogP contribution in [0.2, 0.25) is 0 Å². The number of hydrogen-bond acceptors (Lipinski definition) is 3. The zero-order chi connectivity index (χ0) is 9.68. The number of nitrogens with zero attached hydrogens (tertiary/aromatic N) is 1. The van der Waals surface area contributed by atoms with Crippen molar-refractivity contribution in [3.05, 3.63) is 0 Å². The Bertz CT molecular complexity index is 165. The number of carbonyl (C=O) groups excluding carboxylic acids is 1. The maximum atomic E-state index is 10.4. The molecule has 4 nitrogen and oxygen atoms in total. The lowest BCUT2D eigenvalue weighted by Gasteiger charge is -2.28. The number of primary amides is 1. The van der Waals surface area contributed by atoms with Gasteiger partial charge in [0.25, 0.3) is 0 Å². The molecule has 0 atom stereocenters. The molecule has 0 aromatic rings. The second kappa shape index (κ2) is 5.19. The predicted molar refractivity (Wildman–Crippen MR) is 50.2 cm³/mol. The number of ether oxygens (including phenoxy) is 1. The summed E-state index contributed by atoms with van der Waals surface area (Å²) in [5.41, 5.74) is 4.96. The number of amides is 1. The molecule has 2 N–H and O–H groups in total. The number of likely N-dealkylation sites (tertiary alicyclic amines) is 1. The molecule has 0 spiro atoms. The highest BCUT2D eigenvalue weighted by Gasteiger charge is 2.16. The van der Waals surface area contributed by atoms with E-state index in [4.69, 9.17) is 10.5 Å². The molecule has 13 heavy (non-hydrogen) atoms. The van der Waals surface area contributed by atoms with Crippen LogP contribution in [0.3, 0.4) is 0 Å². The first-order valence-electron chi connectivity index (χ1n) is 4.73. The van der Waals surface area contributed by atoms with Crippen molar-refractivity contribution < 1.29 is 9.53 Å². The summed E-state index contributed by atoms with van der Waals surface area (Å²) >= 11 is 0. The Labute approximate surface area is 79.0 Å². The van der Waals surface area contributed by atoms with Crippen molar-refractivity contribution in [2.75, 3.05) is 33.4 Å². The van der Waals surface area contributed by atoms with Crippen molar-refractivity contribution in [1.29, 1.82) is 0 Å². The maximum absolute atomic E-state index is 10.4. The van der Waals surface area contributed by atoms with E-state index in [0.29, 0.717) is 12.5 Å². The lowest BCUT2D eigenvalue weighted by molar-refractivity contribution is -0.123. The molecule has 1 rings (SSSR count). The molecule has 0 bridgehead atoms. The van der Waals surface area contributed by atoms with E-state index in [9.17, 15) is 4.79 Å². The highest BCUT2D eigenvalue weighted by atomic mass is 16.5. The minimum Gasteiger partial charge on any atom is -0.371 e. The Morgan fingerprint density at radius 3 is 2.69 bits per heavy atom. The molecule has 1 amide bonds. The smallest absolute Gasteiger partial charge is 0.243 e. The van der Waals surface area contributed by atoms with Crippen molar-refractivity contribution >= 4 is 5.91 Å². The molecule has 1 fully saturated rings. The summed E-state index contributed by atoms with van der Waals surface area (Å²) in [6.07, 6.45) is 2.32. The summed E-state index contributed by atoms with van der Waals surface area (Å²) in [6, 6.07) is 0. The van der Waals surface area contributed by atoms with Gasteiger partial charge in [0.2, 0.25) is 5.91 Å². The largest absolute Gasteiger partial charge is 0.371 e. The van der Waals surface area contributed by atoms with Crippen LogP contribution in [0.1, 0.15) is 12.8 Å². The zero-order valence-electron chi connectivity index (χ0n) is 8.16. The number of nitrogens with two attached hydrogens (primary N) is 1.